The minimum atomic E-state index is -1.07. The maximum absolute atomic E-state index is 12.8. The molecule has 0 aromatic heterocycles. The van der Waals surface area contributed by atoms with Gasteiger partial charge in [-0.25, -0.2) is 0 Å². The molecule has 3 aromatic rings. The maximum atomic E-state index is 12.8. The Morgan fingerprint density at radius 2 is 1.79 bits per heavy atom. The highest BCUT2D eigenvalue weighted by molar-refractivity contribution is 8.77. The van der Waals surface area contributed by atoms with Crippen molar-refractivity contribution in [3.63, 3.8) is 0 Å². The van der Waals surface area contributed by atoms with Crippen LogP contribution in [0.1, 0.15) is 104 Å². The van der Waals surface area contributed by atoms with Gasteiger partial charge in [0.2, 0.25) is 5.75 Å². The number of aliphatic hydroxyl groups excluding tert-OH is 3. The van der Waals surface area contributed by atoms with Crippen LogP contribution in [-0.2, 0) is 6.42 Å². The topological polar surface area (TPSA) is 138 Å². The van der Waals surface area contributed by atoms with Gasteiger partial charge in [-0.15, -0.1) is 0 Å². The third kappa shape index (κ3) is 6.58. The van der Waals surface area contributed by atoms with Gasteiger partial charge >= 0.3 is 0 Å². The smallest absolute Gasteiger partial charge is 0.201 e. The van der Waals surface area contributed by atoms with E-state index in [0.717, 1.165) is 78.5 Å². The van der Waals surface area contributed by atoms with Crippen LogP contribution in [0.25, 0.3) is 11.1 Å². The predicted molar refractivity (Wildman–Crippen MR) is 207 cm³/mol. The molecule has 7 unspecified atom stereocenters. The third-order valence-electron chi connectivity index (χ3n) is 11.8. The molecule has 2 aliphatic heterocycles. The Morgan fingerprint density at radius 3 is 2.57 bits per heavy atom. The molecular weight excluding hydrogens is 713 g/mol. The molecule has 8 rings (SSSR count). The SMILES string of the molecule is COc1c(O)c(OC2CCCC2)cc2c1CC#CC1SSCCC(C)CCC3c4cc(O)ccc4-c4c(OCCO)cc5c(c4C3CO)C1C(O)C2O5. The average molecular weight is 761 g/mol. The van der Waals surface area contributed by atoms with Gasteiger partial charge in [0, 0.05) is 52.3 Å². The highest BCUT2D eigenvalue weighted by Gasteiger charge is 2.49. The van der Waals surface area contributed by atoms with Gasteiger partial charge in [0.25, 0.3) is 0 Å². The van der Waals surface area contributed by atoms with E-state index < -0.39 is 18.1 Å². The fourth-order valence-corrected chi connectivity index (χ4v) is 12.1. The summed E-state index contributed by atoms with van der Waals surface area (Å²) >= 11 is 0. The largest absolute Gasteiger partial charge is 0.508 e. The number of hydrogen-bond donors (Lipinski definition) is 5. The monoisotopic (exact) mass is 760 g/mol. The standard InChI is InChI=1S/C42H48O9S2/c1-22-10-12-25-28-18-23(45)11-13-26(28)35-31(49-16-15-43)20-32-37(36(35)30(25)21-44)38-34(53-52-17-14-22)9-5-8-27-29(42(51-32)40(38)47)19-33(39(46)41(27)48-2)50-24-6-3-4-7-24/h11,13,18-20,22,24-25,30,34,38,40,42-47H,3-4,6-8,10,12,14-17,21H2,1-2H3. The number of ether oxygens (including phenoxy) is 4. The zero-order valence-electron chi connectivity index (χ0n) is 30.2. The van der Waals surface area contributed by atoms with Crippen LogP contribution < -0.4 is 18.9 Å². The molecule has 11 heteroatoms. The highest BCUT2D eigenvalue weighted by atomic mass is 33.1. The number of hydrogen-bond acceptors (Lipinski definition) is 11. The summed E-state index contributed by atoms with van der Waals surface area (Å²) in [6, 6.07) is 9.06. The molecule has 7 atom stereocenters. The second-order valence-electron chi connectivity index (χ2n) is 15.0. The quantitative estimate of drug-likeness (QED) is 0.122. The van der Waals surface area contributed by atoms with E-state index in [1.807, 2.05) is 18.2 Å². The van der Waals surface area contributed by atoms with E-state index >= 15 is 0 Å². The molecule has 53 heavy (non-hydrogen) atoms. The van der Waals surface area contributed by atoms with Crippen LogP contribution in [0.15, 0.2) is 30.3 Å². The molecule has 0 spiro atoms. The number of aliphatic hydroxyl groups is 3. The van der Waals surface area contributed by atoms with E-state index in [2.05, 4.69) is 18.8 Å². The summed E-state index contributed by atoms with van der Waals surface area (Å²) in [6.45, 7) is 1.95. The summed E-state index contributed by atoms with van der Waals surface area (Å²) in [6.07, 6.45) is 4.97. The van der Waals surface area contributed by atoms with Gasteiger partial charge in [-0.2, -0.15) is 0 Å². The molecule has 4 bridgehead atoms. The van der Waals surface area contributed by atoms with Crippen LogP contribution in [0.5, 0.6) is 34.5 Å². The first-order chi connectivity index (χ1) is 25.8. The van der Waals surface area contributed by atoms with E-state index in [1.165, 1.54) is 7.11 Å². The molecule has 1 saturated carbocycles. The predicted octanol–water partition coefficient (Wildman–Crippen LogP) is 7.35. The van der Waals surface area contributed by atoms with Gasteiger partial charge in [-0.3, -0.25) is 0 Å². The van der Waals surface area contributed by atoms with E-state index in [0.29, 0.717) is 34.3 Å². The van der Waals surface area contributed by atoms with Gasteiger partial charge in [0.05, 0.1) is 31.7 Å². The minimum Gasteiger partial charge on any atom is -0.508 e. The average Bonchev–Trinajstić information content (AvgIpc) is 3.68. The van der Waals surface area contributed by atoms with Crippen molar-refractivity contribution in [1.29, 1.82) is 0 Å². The van der Waals surface area contributed by atoms with Crippen LogP contribution in [0.3, 0.4) is 0 Å². The number of phenolic OH excluding ortho intramolecular Hbond substituents is 2. The van der Waals surface area contributed by atoms with E-state index in [1.54, 1.807) is 33.7 Å². The highest BCUT2D eigenvalue weighted by Crippen LogP contribution is 2.61. The van der Waals surface area contributed by atoms with Crippen molar-refractivity contribution >= 4 is 21.6 Å². The number of fused-ring (bicyclic) bond motifs is 7. The maximum Gasteiger partial charge on any atom is 0.201 e. The Labute approximate surface area is 318 Å². The van der Waals surface area contributed by atoms with Crippen molar-refractivity contribution in [2.75, 3.05) is 32.7 Å². The fraction of sp³-hybridized carbons (Fsp3) is 0.524. The zero-order chi connectivity index (χ0) is 36.8. The lowest BCUT2D eigenvalue weighted by atomic mass is 9.65. The van der Waals surface area contributed by atoms with Crippen molar-refractivity contribution in [2.45, 2.75) is 99.6 Å². The zero-order valence-corrected chi connectivity index (χ0v) is 31.8. The summed E-state index contributed by atoms with van der Waals surface area (Å²) in [5.41, 5.74) is 5.58. The Bertz CT molecular complexity index is 1910. The molecular formula is C42H48O9S2. The van der Waals surface area contributed by atoms with Gasteiger partial charge in [0.15, 0.2) is 17.6 Å². The first-order valence-corrected chi connectivity index (χ1v) is 21.3. The summed E-state index contributed by atoms with van der Waals surface area (Å²) in [5, 5.41) is 56.0. The van der Waals surface area contributed by atoms with Crippen molar-refractivity contribution in [2.24, 2.45) is 5.92 Å². The Morgan fingerprint density at radius 1 is 0.962 bits per heavy atom. The molecule has 3 aliphatic carbocycles. The van der Waals surface area contributed by atoms with Crippen molar-refractivity contribution < 1.29 is 44.5 Å². The molecule has 0 amide bonds. The second kappa shape index (κ2) is 15.4. The first kappa shape index (κ1) is 36.6. The van der Waals surface area contributed by atoms with Gasteiger partial charge in [-0.1, -0.05) is 52.8 Å². The van der Waals surface area contributed by atoms with E-state index in [9.17, 15) is 25.5 Å². The summed E-state index contributed by atoms with van der Waals surface area (Å²) in [7, 11) is 4.97. The fourth-order valence-electron chi connectivity index (χ4n) is 9.27. The van der Waals surface area contributed by atoms with Crippen LogP contribution in [0.2, 0.25) is 0 Å². The second-order valence-corrected chi connectivity index (χ2v) is 17.7. The summed E-state index contributed by atoms with van der Waals surface area (Å²) < 4.78 is 25.5. The first-order valence-electron chi connectivity index (χ1n) is 18.9. The molecule has 9 nitrogen and oxygen atoms in total. The summed E-state index contributed by atoms with van der Waals surface area (Å²) in [5.74, 6) is 8.94. The Balaban J connectivity index is 1.39. The van der Waals surface area contributed by atoms with Crippen molar-refractivity contribution in [1.82, 2.24) is 0 Å². The Kier molecular flexibility index (Phi) is 10.6. The van der Waals surface area contributed by atoms with Gasteiger partial charge < -0.3 is 44.5 Å². The lowest BCUT2D eigenvalue weighted by molar-refractivity contribution is 0.000503. The molecule has 0 radical (unpaired) electrons. The Hall–Kier alpha value is -3.40. The minimum absolute atomic E-state index is 0.0282. The van der Waals surface area contributed by atoms with E-state index in [-0.39, 0.29) is 66.7 Å². The number of methoxy groups -OCH3 is 1. The normalized spacial score (nSPS) is 27.5. The number of benzene rings is 3. The van der Waals surface area contributed by atoms with Crippen molar-refractivity contribution in [3.05, 3.63) is 58.1 Å². The molecule has 282 valence electrons. The van der Waals surface area contributed by atoms with Gasteiger partial charge in [-0.05, 0) is 85.3 Å². The van der Waals surface area contributed by atoms with Crippen LogP contribution >= 0.6 is 21.6 Å². The lowest BCUT2D eigenvalue weighted by Crippen LogP contribution is -2.40. The molecule has 3 aromatic carbocycles. The summed E-state index contributed by atoms with van der Waals surface area (Å²) in [4.78, 5) is 0. The molecule has 5 aliphatic rings. The van der Waals surface area contributed by atoms with E-state index in [4.69, 9.17) is 18.9 Å². The number of phenols is 2. The third-order valence-corrected chi connectivity index (χ3v) is 14.5. The van der Waals surface area contributed by atoms with Crippen LogP contribution in [-0.4, -0.2) is 75.7 Å². The number of aromatic hydroxyl groups is 2. The van der Waals surface area contributed by atoms with Gasteiger partial charge in [0.1, 0.15) is 30.0 Å². The van der Waals surface area contributed by atoms with Crippen LogP contribution in [0, 0.1) is 17.8 Å². The molecule has 2 heterocycles. The lowest BCUT2D eigenvalue weighted by Gasteiger charge is -2.44. The van der Waals surface area contributed by atoms with Crippen molar-refractivity contribution in [3.8, 4) is 57.5 Å². The molecule has 0 saturated heterocycles. The molecule has 5 N–H and O–H groups in total. The molecule has 1 fully saturated rings. The number of rotatable bonds is 7. The van der Waals surface area contributed by atoms with Crippen LogP contribution in [0.4, 0.5) is 0 Å².